The van der Waals surface area contributed by atoms with Gasteiger partial charge in [0.1, 0.15) is 6.04 Å². The van der Waals surface area contributed by atoms with Crippen LogP contribution in [0, 0.1) is 22.7 Å². The number of carboxylic acids is 1. The van der Waals surface area contributed by atoms with Gasteiger partial charge in [0.15, 0.2) is 0 Å². The molecular weight excluding hydrogens is 402 g/mol. The molecule has 3 atom stereocenters. The van der Waals surface area contributed by atoms with E-state index in [0.29, 0.717) is 51.5 Å². The van der Waals surface area contributed by atoms with Crippen LogP contribution in [0.3, 0.4) is 0 Å². The average molecular weight is 438 g/mol. The fraction of sp³-hybridized carbons (Fsp3) is 0.818. The van der Waals surface area contributed by atoms with Gasteiger partial charge in [-0.1, -0.05) is 0 Å². The Morgan fingerprint density at radius 3 is 2.13 bits per heavy atom. The van der Waals surface area contributed by atoms with Crippen LogP contribution in [0.15, 0.2) is 0 Å². The Hall–Kier alpha value is -2.16. The van der Waals surface area contributed by atoms with Gasteiger partial charge in [-0.15, -0.1) is 0 Å². The maximum Gasteiger partial charge on any atom is 0.327 e. The lowest BCUT2D eigenvalue weighted by Gasteiger charge is -2.60. The Morgan fingerprint density at radius 1 is 1.06 bits per heavy atom. The minimum Gasteiger partial charge on any atom is -0.480 e. The largest absolute Gasteiger partial charge is 0.480 e. The number of hydrogen-bond acceptors (Lipinski definition) is 6. The third kappa shape index (κ3) is 4.16. The summed E-state index contributed by atoms with van der Waals surface area (Å²) >= 11 is 0. The summed E-state index contributed by atoms with van der Waals surface area (Å²) in [6.45, 7) is 0.414. The lowest BCUT2D eigenvalue weighted by molar-refractivity contribution is -0.186. The lowest BCUT2D eigenvalue weighted by Crippen LogP contribution is -2.63. The average Bonchev–Trinajstić information content (AvgIpc) is 2.70. The second-order valence-corrected chi connectivity index (χ2v) is 10.0. The molecule has 4 bridgehead atoms. The van der Waals surface area contributed by atoms with E-state index in [-0.39, 0.29) is 24.2 Å². The van der Waals surface area contributed by atoms with Crippen LogP contribution in [0.5, 0.6) is 0 Å². The first-order valence-electron chi connectivity index (χ1n) is 11.2. The van der Waals surface area contributed by atoms with Crippen molar-refractivity contribution < 1.29 is 29.0 Å². The van der Waals surface area contributed by atoms with Crippen LogP contribution in [0.25, 0.3) is 0 Å². The van der Waals surface area contributed by atoms with Gasteiger partial charge in [-0.05, 0) is 76.2 Å². The number of imide groups is 1. The minimum absolute atomic E-state index is 0.156. The monoisotopic (exact) mass is 437 g/mol. The summed E-state index contributed by atoms with van der Waals surface area (Å²) in [5.74, 6) is -1.52. The number of carbonyl (C=O) groups excluding carboxylic acids is 3. The van der Waals surface area contributed by atoms with Gasteiger partial charge < -0.3 is 20.5 Å². The molecule has 3 amide bonds. The van der Waals surface area contributed by atoms with E-state index in [2.05, 4.69) is 0 Å². The summed E-state index contributed by atoms with van der Waals surface area (Å²) in [5, 5.41) is 9.91. The number of methoxy groups -OCH3 is 1. The standard InChI is InChI=1S/C22H35N3O6/c1-24(2)20(30)25(16(17(26)27)6-4-5-7-23)18(28)21-9-14-8-15(10-21)12-22(11-14,13-21)19(29)31-3/h14-16H,4-13,23H2,1-3H3,(H,26,27)/t14?,15?,16-,21?,22?/m0/s1. The van der Waals surface area contributed by atoms with E-state index in [1.807, 2.05) is 0 Å². The minimum atomic E-state index is -1.25. The van der Waals surface area contributed by atoms with E-state index in [1.165, 1.54) is 26.1 Å². The highest BCUT2D eigenvalue weighted by atomic mass is 16.5. The molecule has 9 nitrogen and oxygen atoms in total. The number of nitrogens with two attached hydrogens (primary N) is 1. The van der Waals surface area contributed by atoms with Crippen LogP contribution in [-0.2, 0) is 19.1 Å². The van der Waals surface area contributed by atoms with Crippen molar-refractivity contribution in [3.8, 4) is 0 Å². The molecule has 4 rings (SSSR count). The van der Waals surface area contributed by atoms with Crippen LogP contribution < -0.4 is 5.73 Å². The molecule has 9 heteroatoms. The van der Waals surface area contributed by atoms with Gasteiger partial charge in [-0.2, -0.15) is 0 Å². The third-order valence-electron chi connectivity index (χ3n) is 7.47. The van der Waals surface area contributed by atoms with Crippen molar-refractivity contribution in [2.45, 2.75) is 63.8 Å². The van der Waals surface area contributed by atoms with Crippen LogP contribution >= 0.6 is 0 Å². The number of aliphatic carboxylic acids is 1. The Labute approximate surface area is 183 Å². The molecule has 3 N–H and O–H groups in total. The second-order valence-electron chi connectivity index (χ2n) is 10.0. The molecule has 0 aliphatic heterocycles. The number of ether oxygens (including phenoxy) is 1. The predicted molar refractivity (Wildman–Crippen MR) is 112 cm³/mol. The fourth-order valence-corrected chi connectivity index (χ4v) is 6.65. The van der Waals surface area contributed by atoms with E-state index in [0.717, 1.165) is 11.3 Å². The number of carbonyl (C=O) groups is 4. The zero-order valence-electron chi connectivity index (χ0n) is 18.8. The van der Waals surface area contributed by atoms with Gasteiger partial charge in [-0.25, -0.2) is 14.5 Å². The van der Waals surface area contributed by atoms with Crippen LogP contribution in [0.4, 0.5) is 4.79 Å². The van der Waals surface area contributed by atoms with Crippen molar-refractivity contribution >= 4 is 23.9 Å². The topological polar surface area (TPSA) is 130 Å². The maximum atomic E-state index is 14.0. The molecule has 0 aromatic carbocycles. The summed E-state index contributed by atoms with van der Waals surface area (Å²) < 4.78 is 5.11. The van der Waals surface area contributed by atoms with E-state index >= 15 is 0 Å². The predicted octanol–water partition coefficient (Wildman–Crippen LogP) is 1.84. The molecule has 4 saturated carbocycles. The highest BCUT2D eigenvalue weighted by molar-refractivity contribution is 6.01. The zero-order valence-corrected chi connectivity index (χ0v) is 18.8. The van der Waals surface area contributed by atoms with Gasteiger partial charge in [0.2, 0.25) is 5.91 Å². The first-order valence-corrected chi connectivity index (χ1v) is 11.2. The number of hydrogen-bond donors (Lipinski definition) is 2. The van der Waals surface area contributed by atoms with Gasteiger partial charge in [0.25, 0.3) is 0 Å². The third-order valence-corrected chi connectivity index (χ3v) is 7.47. The van der Waals surface area contributed by atoms with Gasteiger partial charge >= 0.3 is 18.0 Å². The van der Waals surface area contributed by atoms with Crippen LogP contribution in [-0.4, -0.2) is 72.6 Å². The molecule has 0 spiro atoms. The Kier molecular flexibility index (Phi) is 6.64. The number of nitrogens with zero attached hydrogens (tertiary/aromatic N) is 2. The molecule has 174 valence electrons. The van der Waals surface area contributed by atoms with Crippen LogP contribution in [0.2, 0.25) is 0 Å². The van der Waals surface area contributed by atoms with Crippen molar-refractivity contribution in [2.24, 2.45) is 28.4 Å². The van der Waals surface area contributed by atoms with Crippen LogP contribution in [0.1, 0.15) is 57.8 Å². The number of carboxylic acid groups (broad SMARTS) is 1. The van der Waals surface area contributed by atoms with E-state index in [9.17, 15) is 24.3 Å². The number of rotatable bonds is 8. The van der Waals surface area contributed by atoms with Crippen molar-refractivity contribution in [2.75, 3.05) is 27.7 Å². The number of esters is 1. The Morgan fingerprint density at radius 2 is 1.65 bits per heavy atom. The number of urea groups is 1. The van der Waals surface area contributed by atoms with E-state index in [1.54, 1.807) is 0 Å². The zero-order chi connectivity index (χ0) is 23.0. The van der Waals surface area contributed by atoms with E-state index in [4.69, 9.17) is 10.5 Å². The molecular formula is C22H35N3O6. The molecule has 31 heavy (non-hydrogen) atoms. The van der Waals surface area contributed by atoms with Crippen molar-refractivity contribution in [1.29, 1.82) is 0 Å². The SMILES string of the molecule is COC(=O)C12CC3CC(C1)CC(C(=O)N(C(=O)N(C)C)[C@@H](CCCCN)C(=O)O)(C3)C2. The summed E-state index contributed by atoms with van der Waals surface area (Å²) in [4.78, 5) is 54.2. The van der Waals surface area contributed by atoms with Crippen molar-refractivity contribution in [3.05, 3.63) is 0 Å². The molecule has 4 aliphatic rings. The fourth-order valence-electron chi connectivity index (χ4n) is 6.65. The first kappa shape index (κ1) is 23.5. The molecule has 4 aliphatic carbocycles. The van der Waals surface area contributed by atoms with Gasteiger partial charge in [0, 0.05) is 14.1 Å². The second kappa shape index (κ2) is 8.76. The quantitative estimate of drug-likeness (QED) is 0.438. The molecule has 0 radical (unpaired) electrons. The summed E-state index contributed by atoms with van der Waals surface area (Å²) in [6, 6.07) is -1.89. The van der Waals surface area contributed by atoms with Gasteiger partial charge in [-0.3, -0.25) is 9.59 Å². The summed E-state index contributed by atoms with van der Waals surface area (Å²) in [7, 11) is 4.39. The normalized spacial score (nSPS) is 31.7. The highest BCUT2D eigenvalue weighted by Gasteiger charge is 2.65. The lowest BCUT2D eigenvalue weighted by atomic mass is 9.44. The highest BCUT2D eigenvalue weighted by Crippen LogP contribution is 2.66. The molecule has 0 heterocycles. The summed E-state index contributed by atoms with van der Waals surface area (Å²) in [5.41, 5.74) is 3.94. The molecule has 0 aromatic heterocycles. The van der Waals surface area contributed by atoms with Crippen molar-refractivity contribution in [1.82, 2.24) is 9.80 Å². The number of unbranched alkanes of at least 4 members (excludes halogenated alkanes) is 1. The van der Waals surface area contributed by atoms with Crippen molar-refractivity contribution in [3.63, 3.8) is 0 Å². The molecule has 2 unspecified atom stereocenters. The molecule has 4 fully saturated rings. The number of amides is 3. The Balaban J connectivity index is 1.98. The molecule has 0 aromatic rings. The smallest absolute Gasteiger partial charge is 0.327 e. The maximum absolute atomic E-state index is 14.0. The summed E-state index contributed by atoms with van der Waals surface area (Å²) in [6.07, 6.45) is 5.14. The van der Waals surface area contributed by atoms with E-state index < -0.39 is 34.8 Å². The molecule has 0 saturated heterocycles. The van der Waals surface area contributed by atoms with Gasteiger partial charge in [0.05, 0.1) is 17.9 Å². The Bertz CT molecular complexity index is 738. The first-order chi connectivity index (χ1) is 14.6.